The third-order valence-electron chi connectivity index (χ3n) is 5.39. The molecule has 2 amide bonds. The van der Waals surface area contributed by atoms with Crippen LogP contribution in [0.4, 0.5) is 10.5 Å². The first-order valence-electron chi connectivity index (χ1n) is 9.57. The van der Waals surface area contributed by atoms with Crippen molar-refractivity contribution in [1.29, 1.82) is 0 Å². The summed E-state index contributed by atoms with van der Waals surface area (Å²) in [6.07, 6.45) is 2.21. The van der Waals surface area contributed by atoms with Crippen LogP contribution in [0.25, 0.3) is 0 Å². The molecule has 0 aromatic heterocycles. The van der Waals surface area contributed by atoms with Crippen LogP contribution >= 0.6 is 0 Å². The Balaban J connectivity index is 1.36. The summed E-state index contributed by atoms with van der Waals surface area (Å²) in [5.74, 6) is -0.0327. The number of hydrogen-bond acceptors (Lipinski definition) is 3. The van der Waals surface area contributed by atoms with Crippen LogP contribution in [-0.2, 0) is 22.6 Å². The van der Waals surface area contributed by atoms with Gasteiger partial charge in [-0.3, -0.25) is 4.79 Å². The maximum Gasteiger partial charge on any atom is 0.410 e. The van der Waals surface area contributed by atoms with Crippen molar-refractivity contribution in [2.24, 2.45) is 5.92 Å². The SMILES string of the molecule is O=C(OCc1ccccc1)N1CCCC(C(=O)N2CCc3ccccc32)C1. The van der Waals surface area contributed by atoms with E-state index in [4.69, 9.17) is 4.74 Å². The number of carbonyl (C=O) groups is 2. The lowest BCUT2D eigenvalue weighted by atomic mass is 9.96. The van der Waals surface area contributed by atoms with Crippen molar-refractivity contribution in [2.45, 2.75) is 25.9 Å². The largest absolute Gasteiger partial charge is 0.445 e. The smallest absolute Gasteiger partial charge is 0.410 e. The van der Waals surface area contributed by atoms with Gasteiger partial charge in [-0.15, -0.1) is 0 Å². The van der Waals surface area contributed by atoms with Gasteiger partial charge in [0.15, 0.2) is 0 Å². The molecule has 5 heteroatoms. The highest BCUT2D eigenvalue weighted by Gasteiger charge is 2.34. The summed E-state index contributed by atoms with van der Waals surface area (Å²) in [5, 5.41) is 0. The van der Waals surface area contributed by atoms with Crippen LogP contribution in [0.3, 0.4) is 0 Å². The first-order chi connectivity index (χ1) is 13.2. The Morgan fingerprint density at radius 3 is 2.63 bits per heavy atom. The molecule has 2 heterocycles. The van der Waals surface area contributed by atoms with Crippen LogP contribution in [0.5, 0.6) is 0 Å². The molecule has 140 valence electrons. The Bertz CT molecular complexity index is 821. The summed E-state index contributed by atoms with van der Waals surface area (Å²) in [7, 11) is 0. The number of rotatable bonds is 3. The van der Waals surface area contributed by atoms with Gasteiger partial charge in [-0.25, -0.2) is 4.79 Å². The lowest BCUT2D eigenvalue weighted by Gasteiger charge is -2.33. The van der Waals surface area contributed by atoms with Crippen molar-refractivity contribution < 1.29 is 14.3 Å². The van der Waals surface area contributed by atoms with Crippen LogP contribution in [0.15, 0.2) is 54.6 Å². The van der Waals surface area contributed by atoms with Gasteiger partial charge in [0, 0.05) is 25.3 Å². The van der Waals surface area contributed by atoms with Gasteiger partial charge in [-0.2, -0.15) is 0 Å². The standard InChI is InChI=1S/C22H24N2O3/c25-21(24-14-12-18-9-4-5-11-20(18)24)19-10-6-13-23(15-19)22(26)27-16-17-7-2-1-3-8-17/h1-5,7-9,11,19H,6,10,12-16H2. The molecule has 0 saturated carbocycles. The molecule has 4 rings (SSSR count). The van der Waals surface area contributed by atoms with E-state index in [0.717, 1.165) is 37.1 Å². The number of amides is 2. The maximum absolute atomic E-state index is 13.1. The highest BCUT2D eigenvalue weighted by Crippen LogP contribution is 2.30. The lowest BCUT2D eigenvalue weighted by Crippen LogP contribution is -2.46. The quantitative estimate of drug-likeness (QED) is 0.836. The second-order valence-electron chi connectivity index (χ2n) is 7.19. The Hall–Kier alpha value is -2.82. The first kappa shape index (κ1) is 17.6. The molecule has 1 atom stereocenters. The number of likely N-dealkylation sites (tertiary alicyclic amines) is 1. The number of fused-ring (bicyclic) bond motifs is 1. The number of carbonyl (C=O) groups excluding carboxylic acids is 2. The first-order valence-corrected chi connectivity index (χ1v) is 9.57. The number of benzene rings is 2. The van der Waals surface area contributed by atoms with Gasteiger partial charge in [0.05, 0.1) is 5.92 Å². The minimum atomic E-state index is -0.335. The molecule has 0 spiro atoms. The predicted octanol–water partition coefficient (Wildman–Crippen LogP) is 3.62. The molecule has 0 aliphatic carbocycles. The van der Waals surface area contributed by atoms with Crippen molar-refractivity contribution in [3.63, 3.8) is 0 Å². The van der Waals surface area contributed by atoms with Gasteiger partial charge in [0.2, 0.25) is 5.91 Å². The van der Waals surface area contributed by atoms with Crippen LogP contribution in [0.2, 0.25) is 0 Å². The molecule has 2 aromatic carbocycles. The fourth-order valence-electron chi connectivity index (χ4n) is 3.94. The average molecular weight is 364 g/mol. The van der Waals surface area contributed by atoms with Gasteiger partial charge in [-0.1, -0.05) is 48.5 Å². The molecule has 1 unspecified atom stereocenters. The van der Waals surface area contributed by atoms with E-state index in [9.17, 15) is 9.59 Å². The summed E-state index contributed by atoms with van der Waals surface area (Å²) >= 11 is 0. The maximum atomic E-state index is 13.1. The number of para-hydroxylation sites is 1. The highest BCUT2D eigenvalue weighted by molar-refractivity contribution is 5.97. The molecule has 1 fully saturated rings. The zero-order chi connectivity index (χ0) is 18.6. The fraction of sp³-hybridized carbons (Fsp3) is 0.364. The second kappa shape index (κ2) is 7.82. The van der Waals surface area contributed by atoms with Crippen LogP contribution < -0.4 is 4.90 Å². The summed E-state index contributed by atoms with van der Waals surface area (Å²) in [6.45, 7) is 2.07. The number of piperidine rings is 1. The fourth-order valence-corrected chi connectivity index (χ4v) is 3.94. The van der Waals surface area contributed by atoms with Gasteiger partial charge >= 0.3 is 6.09 Å². The molecule has 0 bridgehead atoms. The summed E-state index contributed by atoms with van der Waals surface area (Å²) in [4.78, 5) is 29.1. The van der Waals surface area contributed by atoms with E-state index >= 15 is 0 Å². The predicted molar refractivity (Wildman–Crippen MR) is 103 cm³/mol. The Morgan fingerprint density at radius 2 is 1.78 bits per heavy atom. The normalized spacial score (nSPS) is 18.9. The van der Waals surface area contributed by atoms with Crippen LogP contribution in [0, 0.1) is 5.92 Å². The van der Waals surface area contributed by atoms with E-state index in [1.807, 2.05) is 53.4 Å². The third kappa shape index (κ3) is 3.82. The van der Waals surface area contributed by atoms with E-state index in [-0.39, 0.29) is 24.5 Å². The Morgan fingerprint density at radius 1 is 1.00 bits per heavy atom. The van der Waals surface area contributed by atoms with E-state index in [1.165, 1.54) is 5.56 Å². The summed E-state index contributed by atoms with van der Waals surface area (Å²) in [6, 6.07) is 17.7. The summed E-state index contributed by atoms with van der Waals surface area (Å²) < 4.78 is 5.44. The minimum absolute atomic E-state index is 0.125. The third-order valence-corrected chi connectivity index (χ3v) is 5.39. The van der Waals surface area contributed by atoms with Crippen molar-refractivity contribution in [3.05, 3.63) is 65.7 Å². The number of hydrogen-bond donors (Lipinski definition) is 0. The van der Waals surface area contributed by atoms with Gasteiger partial charge in [-0.05, 0) is 36.5 Å². The van der Waals surface area contributed by atoms with Gasteiger partial charge in [0.1, 0.15) is 6.61 Å². The topological polar surface area (TPSA) is 49.9 Å². The Labute approximate surface area is 159 Å². The van der Waals surface area contributed by atoms with E-state index in [2.05, 4.69) is 6.07 Å². The Kier molecular flexibility index (Phi) is 5.10. The van der Waals surface area contributed by atoms with Crippen LogP contribution in [0.1, 0.15) is 24.0 Å². The van der Waals surface area contributed by atoms with Crippen molar-refractivity contribution in [2.75, 3.05) is 24.5 Å². The molecular weight excluding hydrogens is 340 g/mol. The molecule has 2 aliphatic rings. The van der Waals surface area contributed by atoms with Gasteiger partial charge < -0.3 is 14.5 Å². The zero-order valence-corrected chi connectivity index (χ0v) is 15.3. The number of anilines is 1. The summed E-state index contributed by atoms with van der Waals surface area (Å²) in [5.41, 5.74) is 3.20. The minimum Gasteiger partial charge on any atom is -0.445 e. The average Bonchev–Trinajstić information content (AvgIpc) is 3.16. The molecule has 5 nitrogen and oxygen atoms in total. The van der Waals surface area contributed by atoms with Crippen LogP contribution in [-0.4, -0.2) is 36.5 Å². The monoisotopic (exact) mass is 364 g/mol. The van der Waals surface area contributed by atoms with Gasteiger partial charge in [0.25, 0.3) is 0 Å². The molecule has 27 heavy (non-hydrogen) atoms. The lowest BCUT2D eigenvalue weighted by molar-refractivity contribution is -0.123. The van der Waals surface area contributed by atoms with Crippen molar-refractivity contribution in [3.8, 4) is 0 Å². The highest BCUT2D eigenvalue weighted by atomic mass is 16.6. The van der Waals surface area contributed by atoms with Crippen molar-refractivity contribution in [1.82, 2.24) is 4.90 Å². The molecule has 2 aromatic rings. The van der Waals surface area contributed by atoms with E-state index in [0.29, 0.717) is 13.1 Å². The zero-order valence-electron chi connectivity index (χ0n) is 15.3. The second-order valence-corrected chi connectivity index (χ2v) is 7.19. The number of nitrogens with zero attached hydrogens (tertiary/aromatic N) is 2. The van der Waals surface area contributed by atoms with E-state index < -0.39 is 0 Å². The van der Waals surface area contributed by atoms with Crippen molar-refractivity contribution >= 4 is 17.7 Å². The number of ether oxygens (including phenoxy) is 1. The molecular formula is C22H24N2O3. The molecule has 0 radical (unpaired) electrons. The molecule has 1 saturated heterocycles. The molecule has 2 aliphatic heterocycles. The molecule has 0 N–H and O–H groups in total. The van der Waals surface area contributed by atoms with E-state index in [1.54, 1.807) is 4.90 Å².